The summed E-state index contributed by atoms with van der Waals surface area (Å²) in [6, 6.07) is 8.51. The Morgan fingerprint density at radius 2 is 1.85 bits per heavy atom. The second-order valence-electron chi connectivity index (χ2n) is 7.00. The Bertz CT molecular complexity index is 1050. The van der Waals surface area contributed by atoms with Crippen LogP contribution in [-0.4, -0.2) is 31.4 Å². The molecule has 3 rings (SSSR count). The fraction of sp³-hybridized carbons (Fsp3) is 0.333. The second kappa shape index (κ2) is 7.40. The molecule has 0 spiro atoms. The first-order valence-electron chi connectivity index (χ1n) is 8.83. The van der Waals surface area contributed by atoms with Gasteiger partial charge in [0.05, 0.1) is 11.4 Å². The van der Waals surface area contributed by atoms with Gasteiger partial charge in [-0.05, 0) is 64.2 Å². The predicted molar refractivity (Wildman–Crippen MR) is 104 cm³/mol. The van der Waals surface area contributed by atoms with Crippen molar-refractivity contribution >= 4 is 16.9 Å². The number of nitrogens with one attached hydrogen (secondary N) is 1. The van der Waals surface area contributed by atoms with Gasteiger partial charge in [0.25, 0.3) is 5.91 Å². The number of likely N-dealkylation sites (N-methyl/N-ethyl adjacent to an activating group) is 1. The van der Waals surface area contributed by atoms with Crippen LogP contribution in [0.3, 0.4) is 0 Å². The molecule has 1 amide bonds. The summed E-state index contributed by atoms with van der Waals surface area (Å²) in [6.07, 6.45) is 0. The van der Waals surface area contributed by atoms with Crippen molar-refractivity contribution < 1.29 is 13.6 Å². The third kappa shape index (κ3) is 3.80. The van der Waals surface area contributed by atoms with E-state index in [9.17, 15) is 9.59 Å². The van der Waals surface area contributed by atoms with Gasteiger partial charge in [-0.3, -0.25) is 14.5 Å². The maximum absolute atomic E-state index is 12.6. The quantitative estimate of drug-likeness (QED) is 0.747. The number of benzene rings is 1. The number of fused-ring (bicyclic) bond motifs is 1. The molecule has 2 aromatic heterocycles. The standard InChI is InChI=1S/C21H24N2O4/c1-12-6-8-15-17(24)10-19(27-20(15)14(12)3)21(25)22-11-16(23(4)5)18-9-7-13(2)26-18/h6-10,16H,11H2,1-5H3,(H,22,25)/t16-/m0/s1. The van der Waals surface area contributed by atoms with E-state index >= 15 is 0 Å². The van der Waals surface area contributed by atoms with Crippen LogP contribution in [0.2, 0.25) is 0 Å². The van der Waals surface area contributed by atoms with Gasteiger partial charge in [0.1, 0.15) is 17.1 Å². The molecule has 0 aliphatic heterocycles. The Labute approximate surface area is 157 Å². The predicted octanol–water partition coefficient (Wildman–Crippen LogP) is 3.34. The summed E-state index contributed by atoms with van der Waals surface area (Å²) in [7, 11) is 3.83. The molecule has 0 saturated carbocycles. The number of carbonyl (C=O) groups excluding carboxylic acids is 1. The van der Waals surface area contributed by atoms with E-state index < -0.39 is 5.91 Å². The lowest BCUT2D eigenvalue weighted by Crippen LogP contribution is -2.34. The summed E-state index contributed by atoms with van der Waals surface area (Å²) in [5.41, 5.74) is 2.09. The van der Waals surface area contributed by atoms with Crippen molar-refractivity contribution in [3.05, 3.63) is 69.0 Å². The molecule has 1 atom stereocenters. The molecular weight excluding hydrogens is 344 g/mol. The fourth-order valence-corrected chi connectivity index (χ4v) is 3.01. The van der Waals surface area contributed by atoms with Crippen LogP contribution in [0, 0.1) is 20.8 Å². The summed E-state index contributed by atoms with van der Waals surface area (Å²) < 4.78 is 11.5. The van der Waals surface area contributed by atoms with Crippen molar-refractivity contribution in [3.63, 3.8) is 0 Å². The molecule has 3 aromatic rings. The first kappa shape index (κ1) is 18.9. The Balaban J connectivity index is 1.85. The lowest BCUT2D eigenvalue weighted by Gasteiger charge is -2.22. The normalized spacial score (nSPS) is 12.5. The van der Waals surface area contributed by atoms with Gasteiger partial charge in [0, 0.05) is 12.6 Å². The van der Waals surface area contributed by atoms with Crippen LogP contribution in [0.25, 0.3) is 11.0 Å². The van der Waals surface area contributed by atoms with E-state index in [0.717, 1.165) is 22.6 Å². The fourth-order valence-electron chi connectivity index (χ4n) is 3.01. The Morgan fingerprint density at radius 1 is 1.11 bits per heavy atom. The molecule has 1 N–H and O–H groups in total. The van der Waals surface area contributed by atoms with Crippen LogP contribution >= 0.6 is 0 Å². The van der Waals surface area contributed by atoms with Gasteiger partial charge in [-0.15, -0.1) is 0 Å². The molecule has 27 heavy (non-hydrogen) atoms. The molecule has 0 unspecified atom stereocenters. The molecule has 0 radical (unpaired) electrons. The first-order chi connectivity index (χ1) is 12.8. The van der Waals surface area contributed by atoms with Gasteiger partial charge in [-0.25, -0.2) is 0 Å². The van der Waals surface area contributed by atoms with Gasteiger partial charge in [-0.1, -0.05) is 6.07 Å². The minimum atomic E-state index is -0.426. The zero-order chi connectivity index (χ0) is 19.7. The second-order valence-corrected chi connectivity index (χ2v) is 7.00. The highest BCUT2D eigenvalue weighted by molar-refractivity contribution is 5.93. The lowest BCUT2D eigenvalue weighted by atomic mass is 10.1. The molecular formula is C21H24N2O4. The first-order valence-corrected chi connectivity index (χ1v) is 8.83. The van der Waals surface area contributed by atoms with E-state index in [-0.39, 0.29) is 17.2 Å². The van der Waals surface area contributed by atoms with Crippen LogP contribution in [-0.2, 0) is 0 Å². The number of aryl methyl sites for hydroxylation is 3. The maximum atomic E-state index is 12.6. The largest absolute Gasteiger partial charge is 0.465 e. The number of furan rings is 1. The van der Waals surface area contributed by atoms with Crippen molar-refractivity contribution in [1.29, 1.82) is 0 Å². The molecule has 0 fully saturated rings. The average molecular weight is 368 g/mol. The van der Waals surface area contributed by atoms with E-state index in [1.54, 1.807) is 6.07 Å². The molecule has 6 heteroatoms. The monoisotopic (exact) mass is 368 g/mol. The molecule has 6 nitrogen and oxygen atoms in total. The molecule has 0 aliphatic rings. The smallest absolute Gasteiger partial charge is 0.287 e. The SMILES string of the molecule is Cc1ccc([C@H](CNC(=O)c2cc(=O)c3ccc(C)c(C)c3o2)N(C)C)o1. The third-order valence-electron chi connectivity index (χ3n) is 4.81. The molecule has 142 valence electrons. The molecule has 1 aromatic carbocycles. The minimum Gasteiger partial charge on any atom is -0.465 e. The van der Waals surface area contributed by atoms with Gasteiger partial charge in [-0.2, -0.15) is 0 Å². The number of amides is 1. The van der Waals surface area contributed by atoms with Crippen LogP contribution < -0.4 is 10.7 Å². The Morgan fingerprint density at radius 3 is 2.48 bits per heavy atom. The van der Waals surface area contributed by atoms with E-state index in [2.05, 4.69) is 5.32 Å². The van der Waals surface area contributed by atoms with Crippen molar-refractivity contribution in [2.75, 3.05) is 20.6 Å². The summed E-state index contributed by atoms with van der Waals surface area (Å²) in [5.74, 6) is 1.16. The van der Waals surface area contributed by atoms with E-state index in [1.807, 2.05) is 58.0 Å². The maximum Gasteiger partial charge on any atom is 0.287 e. The highest BCUT2D eigenvalue weighted by Gasteiger charge is 2.20. The topological polar surface area (TPSA) is 75.7 Å². The minimum absolute atomic E-state index is 0.00864. The third-order valence-corrected chi connectivity index (χ3v) is 4.81. The van der Waals surface area contributed by atoms with E-state index in [4.69, 9.17) is 8.83 Å². The lowest BCUT2D eigenvalue weighted by molar-refractivity contribution is 0.0911. The number of hydrogen-bond donors (Lipinski definition) is 1. The van der Waals surface area contributed by atoms with Crippen LogP contribution in [0.1, 0.15) is 39.2 Å². The number of nitrogens with zero attached hydrogens (tertiary/aromatic N) is 1. The molecule has 0 bridgehead atoms. The molecule has 0 saturated heterocycles. The summed E-state index contributed by atoms with van der Waals surface area (Å²) in [5, 5.41) is 3.32. The zero-order valence-electron chi connectivity index (χ0n) is 16.3. The van der Waals surface area contributed by atoms with Crippen molar-refractivity contribution in [3.8, 4) is 0 Å². The van der Waals surface area contributed by atoms with Crippen molar-refractivity contribution in [1.82, 2.24) is 10.2 Å². The van der Waals surface area contributed by atoms with E-state index in [0.29, 0.717) is 17.5 Å². The highest BCUT2D eigenvalue weighted by Crippen LogP contribution is 2.22. The zero-order valence-corrected chi connectivity index (χ0v) is 16.3. The summed E-state index contributed by atoms with van der Waals surface area (Å²) >= 11 is 0. The molecule has 0 aliphatic carbocycles. The van der Waals surface area contributed by atoms with Gasteiger partial charge in [0.15, 0.2) is 11.2 Å². The Hall–Kier alpha value is -2.86. The average Bonchev–Trinajstić information content (AvgIpc) is 3.04. The summed E-state index contributed by atoms with van der Waals surface area (Å²) in [4.78, 5) is 26.9. The van der Waals surface area contributed by atoms with Crippen molar-refractivity contribution in [2.45, 2.75) is 26.8 Å². The number of carbonyl (C=O) groups is 1. The summed E-state index contributed by atoms with van der Waals surface area (Å²) in [6.45, 7) is 6.02. The molecule has 2 heterocycles. The van der Waals surface area contributed by atoms with E-state index in [1.165, 1.54) is 6.07 Å². The van der Waals surface area contributed by atoms with Gasteiger partial charge < -0.3 is 14.2 Å². The van der Waals surface area contributed by atoms with Gasteiger partial charge in [0.2, 0.25) is 0 Å². The number of rotatable bonds is 5. The van der Waals surface area contributed by atoms with Crippen LogP contribution in [0.5, 0.6) is 0 Å². The number of hydrogen-bond acceptors (Lipinski definition) is 5. The van der Waals surface area contributed by atoms with Crippen LogP contribution in [0.4, 0.5) is 0 Å². The highest BCUT2D eigenvalue weighted by atomic mass is 16.3. The van der Waals surface area contributed by atoms with Gasteiger partial charge >= 0.3 is 0 Å². The van der Waals surface area contributed by atoms with Crippen molar-refractivity contribution in [2.24, 2.45) is 0 Å². The Kier molecular flexibility index (Phi) is 5.19. The van der Waals surface area contributed by atoms with Crippen LogP contribution in [0.15, 0.2) is 44.0 Å².